The Hall–Kier alpha value is -1.82. The minimum atomic E-state index is 0.0824. The van der Waals surface area contributed by atoms with E-state index < -0.39 is 0 Å². The molecule has 1 aromatic carbocycles. The van der Waals surface area contributed by atoms with Crippen molar-refractivity contribution in [3.63, 3.8) is 0 Å². The Kier molecular flexibility index (Phi) is 4.35. The molecule has 0 saturated carbocycles. The molecule has 0 bridgehead atoms. The summed E-state index contributed by atoms with van der Waals surface area (Å²) in [6.07, 6.45) is 4.67. The molecule has 0 aliphatic carbocycles. The zero-order valence-electron chi connectivity index (χ0n) is 11.1. The van der Waals surface area contributed by atoms with Gasteiger partial charge in [-0.25, -0.2) is 4.68 Å². The third-order valence-corrected chi connectivity index (χ3v) is 2.96. The van der Waals surface area contributed by atoms with Crippen molar-refractivity contribution in [2.24, 2.45) is 0 Å². The van der Waals surface area contributed by atoms with E-state index in [-0.39, 0.29) is 6.04 Å². The third kappa shape index (κ3) is 2.89. The molecule has 1 aromatic heterocycles. The highest BCUT2D eigenvalue weighted by Crippen LogP contribution is 2.14. The van der Waals surface area contributed by atoms with Crippen LogP contribution in [0.2, 0.25) is 0 Å². The average molecular weight is 241 g/mol. The fourth-order valence-corrected chi connectivity index (χ4v) is 1.92. The van der Waals surface area contributed by atoms with Crippen LogP contribution < -0.4 is 0 Å². The molecule has 94 valence electrons. The van der Waals surface area contributed by atoms with Crippen LogP contribution in [0, 0.1) is 11.8 Å². The van der Waals surface area contributed by atoms with Crippen molar-refractivity contribution in [2.75, 3.05) is 0 Å². The first-order valence-electron chi connectivity index (χ1n) is 6.61. The van der Waals surface area contributed by atoms with Crippen LogP contribution in [0.4, 0.5) is 0 Å². The molecule has 0 fully saturated rings. The van der Waals surface area contributed by atoms with Crippen LogP contribution >= 0.6 is 0 Å². The van der Waals surface area contributed by atoms with Crippen molar-refractivity contribution in [1.29, 1.82) is 0 Å². The maximum absolute atomic E-state index is 4.17. The van der Waals surface area contributed by atoms with Gasteiger partial charge in [-0.1, -0.05) is 43.0 Å². The maximum atomic E-state index is 4.17. The molecule has 0 aliphatic rings. The monoisotopic (exact) mass is 241 g/mol. The minimum absolute atomic E-state index is 0.0824. The molecule has 3 nitrogen and oxygen atoms in total. The van der Waals surface area contributed by atoms with Crippen LogP contribution in [0.3, 0.4) is 0 Å². The third-order valence-electron chi connectivity index (χ3n) is 2.96. The largest absolute Gasteiger partial charge is 0.230 e. The Morgan fingerprint density at radius 3 is 2.94 bits per heavy atom. The van der Waals surface area contributed by atoms with E-state index in [1.807, 2.05) is 28.9 Å². The topological polar surface area (TPSA) is 30.7 Å². The number of unbranched alkanes of at least 4 members (excludes halogenated alkanes) is 3. The van der Waals surface area contributed by atoms with E-state index in [4.69, 9.17) is 0 Å². The van der Waals surface area contributed by atoms with Gasteiger partial charge in [-0.15, -0.1) is 11.0 Å². The summed E-state index contributed by atoms with van der Waals surface area (Å²) < 4.78 is 1.89. The lowest BCUT2D eigenvalue weighted by atomic mass is 10.2. The van der Waals surface area contributed by atoms with E-state index in [9.17, 15) is 0 Å². The summed E-state index contributed by atoms with van der Waals surface area (Å²) >= 11 is 0. The molecule has 0 radical (unpaired) electrons. The second kappa shape index (κ2) is 6.20. The van der Waals surface area contributed by atoms with Crippen LogP contribution in [-0.2, 0) is 0 Å². The molecular formula is C15H19N3. The minimum Gasteiger partial charge on any atom is -0.230 e. The SMILES string of the molecule is CCCCCC#CC(C)n1nnc2ccccc21. The van der Waals surface area contributed by atoms with Gasteiger partial charge in [0.15, 0.2) is 0 Å². The smallest absolute Gasteiger partial charge is 0.113 e. The molecule has 3 heteroatoms. The van der Waals surface area contributed by atoms with Gasteiger partial charge in [0.1, 0.15) is 11.6 Å². The van der Waals surface area contributed by atoms with Crippen molar-refractivity contribution >= 4 is 11.0 Å². The quantitative estimate of drug-likeness (QED) is 0.605. The lowest BCUT2D eigenvalue weighted by molar-refractivity contribution is 0.589. The lowest BCUT2D eigenvalue weighted by Gasteiger charge is -2.04. The summed E-state index contributed by atoms with van der Waals surface area (Å²) in [7, 11) is 0. The van der Waals surface area contributed by atoms with Gasteiger partial charge in [-0.3, -0.25) is 0 Å². The van der Waals surface area contributed by atoms with E-state index in [0.717, 1.165) is 17.5 Å². The Balaban J connectivity index is 2.06. The average Bonchev–Trinajstić information content (AvgIpc) is 2.82. The van der Waals surface area contributed by atoms with Crippen LogP contribution in [0.25, 0.3) is 11.0 Å². The van der Waals surface area contributed by atoms with Crippen LogP contribution in [0.5, 0.6) is 0 Å². The first kappa shape index (κ1) is 12.6. The van der Waals surface area contributed by atoms with Crippen LogP contribution in [-0.4, -0.2) is 15.0 Å². The summed E-state index contributed by atoms with van der Waals surface area (Å²) in [6.45, 7) is 4.27. The molecule has 0 aliphatic heterocycles. The molecule has 1 heterocycles. The molecule has 1 atom stereocenters. The zero-order chi connectivity index (χ0) is 12.8. The van der Waals surface area contributed by atoms with Crippen LogP contribution in [0.1, 0.15) is 45.6 Å². The lowest BCUT2D eigenvalue weighted by Crippen LogP contribution is -2.04. The number of nitrogens with zero attached hydrogens (tertiary/aromatic N) is 3. The fraction of sp³-hybridized carbons (Fsp3) is 0.467. The summed E-state index contributed by atoms with van der Waals surface area (Å²) in [6, 6.07) is 8.07. The van der Waals surface area contributed by atoms with E-state index in [2.05, 4.69) is 36.0 Å². The van der Waals surface area contributed by atoms with Crippen molar-refractivity contribution in [2.45, 2.75) is 45.6 Å². The molecule has 1 unspecified atom stereocenters. The predicted molar refractivity (Wildman–Crippen MR) is 74.2 cm³/mol. The van der Waals surface area contributed by atoms with Gasteiger partial charge in [-0.05, 0) is 25.5 Å². The number of hydrogen-bond donors (Lipinski definition) is 0. The first-order chi connectivity index (χ1) is 8.83. The predicted octanol–water partition coefficient (Wildman–Crippen LogP) is 3.58. The number of rotatable bonds is 4. The van der Waals surface area contributed by atoms with Crippen molar-refractivity contribution < 1.29 is 0 Å². The number of para-hydroxylation sites is 1. The van der Waals surface area contributed by atoms with Gasteiger partial charge in [0.05, 0.1) is 5.52 Å². The number of benzene rings is 1. The molecular weight excluding hydrogens is 222 g/mol. The first-order valence-corrected chi connectivity index (χ1v) is 6.61. The summed E-state index contributed by atoms with van der Waals surface area (Å²) in [5.41, 5.74) is 1.98. The molecule has 0 N–H and O–H groups in total. The molecule has 2 aromatic rings. The van der Waals surface area contributed by atoms with Crippen molar-refractivity contribution in [3.05, 3.63) is 24.3 Å². The second-order valence-electron chi connectivity index (χ2n) is 4.48. The molecule has 0 saturated heterocycles. The van der Waals surface area contributed by atoms with E-state index >= 15 is 0 Å². The van der Waals surface area contributed by atoms with Crippen molar-refractivity contribution in [1.82, 2.24) is 15.0 Å². The van der Waals surface area contributed by atoms with E-state index in [1.54, 1.807) is 0 Å². The normalized spacial score (nSPS) is 12.1. The summed E-state index contributed by atoms with van der Waals surface area (Å²) in [4.78, 5) is 0. The van der Waals surface area contributed by atoms with Gasteiger partial charge >= 0.3 is 0 Å². The van der Waals surface area contributed by atoms with E-state index in [0.29, 0.717) is 0 Å². The van der Waals surface area contributed by atoms with Gasteiger partial charge in [0.2, 0.25) is 0 Å². The Bertz CT molecular complexity index is 560. The Morgan fingerprint density at radius 1 is 1.28 bits per heavy atom. The van der Waals surface area contributed by atoms with Gasteiger partial charge < -0.3 is 0 Å². The molecule has 0 amide bonds. The second-order valence-corrected chi connectivity index (χ2v) is 4.48. The molecule has 2 rings (SSSR count). The highest BCUT2D eigenvalue weighted by Gasteiger charge is 2.07. The number of hydrogen-bond acceptors (Lipinski definition) is 2. The highest BCUT2D eigenvalue weighted by atomic mass is 15.4. The van der Waals surface area contributed by atoms with Crippen LogP contribution in [0.15, 0.2) is 24.3 Å². The Morgan fingerprint density at radius 2 is 2.11 bits per heavy atom. The standard InChI is InChI=1S/C15H19N3/c1-3-4-5-6-7-10-13(2)18-15-12-9-8-11-14(15)16-17-18/h8-9,11-13H,3-6H2,1-2H3. The Labute approximate surface area is 108 Å². The molecule has 18 heavy (non-hydrogen) atoms. The maximum Gasteiger partial charge on any atom is 0.113 e. The highest BCUT2D eigenvalue weighted by molar-refractivity contribution is 5.74. The van der Waals surface area contributed by atoms with Gasteiger partial charge in [0.25, 0.3) is 0 Å². The fourth-order valence-electron chi connectivity index (χ4n) is 1.92. The van der Waals surface area contributed by atoms with Gasteiger partial charge in [0, 0.05) is 6.42 Å². The van der Waals surface area contributed by atoms with E-state index in [1.165, 1.54) is 19.3 Å². The van der Waals surface area contributed by atoms with Crippen molar-refractivity contribution in [3.8, 4) is 11.8 Å². The summed E-state index contributed by atoms with van der Waals surface area (Å²) in [5.74, 6) is 6.48. The summed E-state index contributed by atoms with van der Waals surface area (Å²) in [5, 5.41) is 8.32. The molecule has 0 spiro atoms. The van der Waals surface area contributed by atoms with Gasteiger partial charge in [-0.2, -0.15) is 0 Å². The zero-order valence-corrected chi connectivity index (χ0v) is 11.1. The number of aromatic nitrogens is 3. The number of fused-ring (bicyclic) bond motifs is 1.